The van der Waals surface area contributed by atoms with Gasteiger partial charge in [-0.3, -0.25) is 9.36 Å². The van der Waals surface area contributed by atoms with Gasteiger partial charge in [0.05, 0.1) is 6.54 Å². The summed E-state index contributed by atoms with van der Waals surface area (Å²) in [6.07, 6.45) is 6.69. The van der Waals surface area contributed by atoms with Crippen molar-refractivity contribution in [2.75, 3.05) is 0 Å². The van der Waals surface area contributed by atoms with E-state index in [0.29, 0.717) is 17.4 Å². The molecule has 3 aromatic rings. The van der Waals surface area contributed by atoms with E-state index < -0.39 is 0 Å². The first-order chi connectivity index (χ1) is 11.1. The predicted octanol–water partition coefficient (Wildman–Crippen LogP) is 2.84. The minimum absolute atomic E-state index is 0.120. The van der Waals surface area contributed by atoms with Crippen LogP contribution in [0.25, 0.3) is 6.08 Å². The van der Waals surface area contributed by atoms with Crippen LogP contribution in [0.4, 0.5) is 0 Å². The Labute approximate surface area is 138 Å². The first kappa shape index (κ1) is 15.2. The summed E-state index contributed by atoms with van der Waals surface area (Å²) >= 11 is 6.07. The monoisotopic (exact) mass is 327 g/mol. The van der Waals surface area contributed by atoms with E-state index in [1.54, 1.807) is 43.6 Å². The van der Waals surface area contributed by atoms with Gasteiger partial charge < -0.3 is 0 Å². The number of carbonyl (C=O) groups excluding carboxylic acids is 1. The summed E-state index contributed by atoms with van der Waals surface area (Å²) in [6.45, 7) is 2.21. The Morgan fingerprint density at radius 2 is 2.09 bits per heavy atom. The number of tetrazole rings is 1. The van der Waals surface area contributed by atoms with Crippen LogP contribution in [-0.2, 0) is 6.54 Å². The molecule has 116 valence electrons. The number of hydrogen-bond donors (Lipinski definition) is 0. The molecule has 3 rings (SSSR count). The molecule has 0 fully saturated rings. The molecule has 0 atom stereocenters. The number of halogens is 1. The van der Waals surface area contributed by atoms with Crippen LogP contribution in [0.2, 0.25) is 5.02 Å². The molecule has 1 aromatic carbocycles. The average Bonchev–Trinajstić information content (AvgIpc) is 3.18. The highest BCUT2D eigenvalue weighted by Crippen LogP contribution is 2.18. The summed E-state index contributed by atoms with van der Waals surface area (Å²) in [5.41, 5.74) is 1.79. The second kappa shape index (κ2) is 6.58. The standard InChI is InChI=1S/C16H14ClN5O/c1-12-18-20-22(19-12)11-14-10-15(17)6-4-13(14)5-7-16(23)21-8-2-3-9-21/h2-10H,11H2,1H3. The van der Waals surface area contributed by atoms with Gasteiger partial charge in [0.1, 0.15) is 0 Å². The molecule has 0 aliphatic rings. The highest BCUT2D eigenvalue weighted by Gasteiger charge is 2.06. The highest BCUT2D eigenvalue weighted by atomic mass is 35.5. The zero-order valence-electron chi connectivity index (χ0n) is 12.4. The van der Waals surface area contributed by atoms with Crippen LogP contribution in [-0.4, -0.2) is 30.7 Å². The quantitative estimate of drug-likeness (QED) is 0.691. The Balaban J connectivity index is 1.85. The minimum Gasteiger partial charge on any atom is -0.291 e. The normalized spacial score (nSPS) is 11.2. The molecule has 0 unspecified atom stereocenters. The molecule has 0 amide bonds. The molecule has 0 aliphatic carbocycles. The molecule has 0 saturated heterocycles. The maximum absolute atomic E-state index is 12.0. The lowest BCUT2D eigenvalue weighted by molar-refractivity contribution is 0.0970. The van der Waals surface area contributed by atoms with Crippen molar-refractivity contribution in [2.24, 2.45) is 0 Å². The lowest BCUT2D eigenvalue weighted by atomic mass is 10.1. The van der Waals surface area contributed by atoms with Crippen molar-refractivity contribution in [3.05, 3.63) is 70.8 Å². The van der Waals surface area contributed by atoms with E-state index in [9.17, 15) is 4.79 Å². The first-order valence-corrected chi connectivity index (χ1v) is 7.38. The summed E-state index contributed by atoms with van der Waals surface area (Å²) < 4.78 is 1.51. The molecule has 0 aliphatic heterocycles. The summed E-state index contributed by atoms with van der Waals surface area (Å²) in [7, 11) is 0. The van der Waals surface area contributed by atoms with Crippen molar-refractivity contribution in [2.45, 2.75) is 13.5 Å². The second-order valence-electron chi connectivity index (χ2n) is 4.97. The average molecular weight is 328 g/mol. The van der Waals surface area contributed by atoms with Crippen molar-refractivity contribution >= 4 is 23.6 Å². The molecule has 0 spiro atoms. The van der Waals surface area contributed by atoms with Gasteiger partial charge in [-0.15, -0.1) is 10.2 Å². The lowest BCUT2D eigenvalue weighted by Gasteiger charge is -2.06. The van der Waals surface area contributed by atoms with Crippen LogP contribution >= 0.6 is 11.6 Å². The van der Waals surface area contributed by atoms with Crippen LogP contribution < -0.4 is 0 Å². The fourth-order valence-corrected chi connectivity index (χ4v) is 2.34. The smallest absolute Gasteiger partial charge is 0.254 e. The summed E-state index contributed by atoms with van der Waals surface area (Å²) in [4.78, 5) is 13.5. The fourth-order valence-electron chi connectivity index (χ4n) is 2.15. The van der Waals surface area contributed by atoms with E-state index in [1.807, 2.05) is 12.1 Å². The van der Waals surface area contributed by atoms with Crippen molar-refractivity contribution < 1.29 is 4.79 Å². The number of rotatable bonds is 4. The van der Waals surface area contributed by atoms with Crippen LogP contribution in [0.5, 0.6) is 0 Å². The Morgan fingerprint density at radius 3 is 2.78 bits per heavy atom. The van der Waals surface area contributed by atoms with Gasteiger partial charge in [0, 0.05) is 23.5 Å². The van der Waals surface area contributed by atoms with Crippen molar-refractivity contribution in [3.63, 3.8) is 0 Å². The summed E-state index contributed by atoms with van der Waals surface area (Å²) in [5, 5.41) is 12.6. The van der Waals surface area contributed by atoms with Crippen LogP contribution in [0.1, 0.15) is 21.7 Å². The van der Waals surface area contributed by atoms with Crippen molar-refractivity contribution in [3.8, 4) is 0 Å². The number of carbonyl (C=O) groups is 1. The first-order valence-electron chi connectivity index (χ1n) is 7.00. The Bertz CT molecular complexity index is 851. The van der Waals surface area contributed by atoms with Gasteiger partial charge >= 0.3 is 0 Å². The SMILES string of the molecule is Cc1nnn(Cc2cc(Cl)ccc2C=CC(=O)n2cccc2)n1. The molecule has 6 nitrogen and oxygen atoms in total. The van der Waals surface area contributed by atoms with Crippen LogP contribution in [0.3, 0.4) is 0 Å². The topological polar surface area (TPSA) is 65.6 Å². The van der Waals surface area contributed by atoms with Gasteiger partial charge in [0.15, 0.2) is 5.82 Å². The number of aryl methyl sites for hydroxylation is 1. The molecular formula is C16H14ClN5O. The minimum atomic E-state index is -0.120. The van der Waals surface area contributed by atoms with Gasteiger partial charge in [0.2, 0.25) is 0 Å². The number of aromatic nitrogens is 5. The van der Waals surface area contributed by atoms with Gasteiger partial charge in [0.25, 0.3) is 5.91 Å². The molecule has 23 heavy (non-hydrogen) atoms. The Kier molecular flexibility index (Phi) is 4.34. The highest BCUT2D eigenvalue weighted by molar-refractivity contribution is 6.30. The zero-order valence-corrected chi connectivity index (χ0v) is 13.2. The molecule has 2 aromatic heterocycles. The van der Waals surface area contributed by atoms with Crippen molar-refractivity contribution in [1.29, 1.82) is 0 Å². The van der Waals surface area contributed by atoms with Crippen molar-refractivity contribution in [1.82, 2.24) is 24.8 Å². The third-order valence-corrected chi connectivity index (χ3v) is 3.47. The van der Waals surface area contributed by atoms with Crippen LogP contribution in [0, 0.1) is 6.92 Å². The van der Waals surface area contributed by atoms with E-state index in [1.165, 1.54) is 15.4 Å². The zero-order chi connectivity index (χ0) is 16.2. The van der Waals surface area contributed by atoms with Crippen LogP contribution in [0.15, 0.2) is 48.8 Å². The summed E-state index contributed by atoms with van der Waals surface area (Å²) in [5.74, 6) is 0.484. The molecule has 2 heterocycles. The maximum atomic E-state index is 12.0. The maximum Gasteiger partial charge on any atom is 0.254 e. The Hall–Kier alpha value is -2.73. The van der Waals surface area contributed by atoms with Gasteiger partial charge in [-0.1, -0.05) is 17.7 Å². The Morgan fingerprint density at radius 1 is 1.30 bits per heavy atom. The van der Waals surface area contributed by atoms with E-state index in [0.717, 1.165) is 11.1 Å². The van der Waals surface area contributed by atoms with E-state index in [-0.39, 0.29) is 5.91 Å². The van der Waals surface area contributed by atoms with E-state index >= 15 is 0 Å². The van der Waals surface area contributed by atoms with Gasteiger partial charge in [-0.2, -0.15) is 4.80 Å². The number of hydrogen-bond acceptors (Lipinski definition) is 4. The number of benzene rings is 1. The third kappa shape index (κ3) is 3.73. The largest absolute Gasteiger partial charge is 0.291 e. The van der Waals surface area contributed by atoms with Gasteiger partial charge in [-0.05, 0) is 53.6 Å². The molecule has 7 heteroatoms. The molecular weight excluding hydrogens is 314 g/mol. The lowest BCUT2D eigenvalue weighted by Crippen LogP contribution is -2.06. The molecule has 0 saturated carbocycles. The number of allylic oxidation sites excluding steroid dienone is 1. The summed E-state index contributed by atoms with van der Waals surface area (Å²) in [6, 6.07) is 9.09. The third-order valence-electron chi connectivity index (χ3n) is 3.23. The molecule has 0 radical (unpaired) electrons. The number of nitrogens with zero attached hydrogens (tertiary/aromatic N) is 5. The second-order valence-corrected chi connectivity index (χ2v) is 5.41. The molecule has 0 N–H and O–H groups in total. The van der Waals surface area contributed by atoms with E-state index in [2.05, 4.69) is 15.4 Å². The molecule has 0 bridgehead atoms. The predicted molar refractivity (Wildman–Crippen MR) is 87.2 cm³/mol. The fraction of sp³-hybridized carbons (Fsp3) is 0.125. The van der Waals surface area contributed by atoms with Gasteiger partial charge in [-0.25, -0.2) is 0 Å². The van der Waals surface area contributed by atoms with E-state index in [4.69, 9.17) is 11.6 Å².